The van der Waals surface area contributed by atoms with E-state index in [1.165, 1.54) is 29.6 Å². The summed E-state index contributed by atoms with van der Waals surface area (Å²) in [6.45, 7) is 4.41. The SMILES string of the molecule is C=CCN(c1ccc(C(=O)Nc2ccccc2C(=O)NCCOC)cc1)S(C)(=O)=O. The van der Waals surface area contributed by atoms with Crippen molar-refractivity contribution in [3.63, 3.8) is 0 Å². The minimum Gasteiger partial charge on any atom is -0.383 e. The number of methoxy groups -OCH3 is 1. The van der Waals surface area contributed by atoms with Gasteiger partial charge in [0.25, 0.3) is 11.8 Å². The van der Waals surface area contributed by atoms with Crippen molar-refractivity contribution in [1.29, 1.82) is 0 Å². The van der Waals surface area contributed by atoms with Crippen LogP contribution in [-0.2, 0) is 14.8 Å². The molecule has 2 rings (SSSR count). The van der Waals surface area contributed by atoms with Crippen LogP contribution >= 0.6 is 0 Å². The van der Waals surface area contributed by atoms with Gasteiger partial charge in [-0.3, -0.25) is 13.9 Å². The number of nitrogens with one attached hydrogen (secondary N) is 2. The zero-order chi connectivity index (χ0) is 22.1. The molecule has 0 aliphatic carbocycles. The summed E-state index contributed by atoms with van der Waals surface area (Å²) >= 11 is 0. The van der Waals surface area contributed by atoms with Gasteiger partial charge in [0.2, 0.25) is 10.0 Å². The summed E-state index contributed by atoms with van der Waals surface area (Å²) < 4.78 is 30.0. The van der Waals surface area contributed by atoms with Crippen LogP contribution in [0.4, 0.5) is 11.4 Å². The zero-order valence-corrected chi connectivity index (χ0v) is 17.7. The fourth-order valence-electron chi connectivity index (χ4n) is 2.68. The van der Waals surface area contributed by atoms with Crippen molar-refractivity contribution in [2.45, 2.75) is 0 Å². The predicted molar refractivity (Wildman–Crippen MR) is 117 cm³/mol. The summed E-state index contributed by atoms with van der Waals surface area (Å²) in [4.78, 5) is 25.0. The van der Waals surface area contributed by atoms with Gasteiger partial charge in [0.05, 0.1) is 36.3 Å². The smallest absolute Gasteiger partial charge is 0.255 e. The lowest BCUT2D eigenvalue weighted by Crippen LogP contribution is -2.30. The number of carbonyl (C=O) groups is 2. The molecule has 2 aromatic carbocycles. The maximum absolute atomic E-state index is 12.6. The van der Waals surface area contributed by atoms with Gasteiger partial charge < -0.3 is 15.4 Å². The number of hydrogen-bond donors (Lipinski definition) is 2. The van der Waals surface area contributed by atoms with Gasteiger partial charge in [-0.25, -0.2) is 8.42 Å². The molecule has 9 heteroatoms. The lowest BCUT2D eigenvalue weighted by atomic mass is 10.1. The Morgan fingerprint density at radius 1 is 1.10 bits per heavy atom. The number of benzene rings is 2. The predicted octanol–water partition coefficient (Wildman–Crippen LogP) is 2.27. The number of nitrogens with zero attached hydrogens (tertiary/aromatic N) is 1. The molecule has 0 saturated carbocycles. The van der Waals surface area contributed by atoms with Crippen molar-refractivity contribution < 1.29 is 22.7 Å². The van der Waals surface area contributed by atoms with Crippen LogP contribution < -0.4 is 14.9 Å². The molecule has 0 aliphatic rings. The van der Waals surface area contributed by atoms with Gasteiger partial charge in [0.1, 0.15) is 0 Å². The topological polar surface area (TPSA) is 105 Å². The largest absolute Gasteiger partial charge is 0.383 e. The maximum atomic E-state index is 12.6. The highest BCUT2D eigenvalue weighted by Crippen LogP contribution is 2.20. The highest BCUT2D eigenvalue weighted by atomic mass is 32.2. The summed E-state index contributed by atoms with van der Waals surface area (Å²) in [6.07, 6.45) is 2.59. The molecule has 0 aromatic heterocycles. The Balaban J connectivity index is 2.17. The van der Waals surface area contributed by atoms with Crippen LogP contribution in [0.3, 0.4) is 0 Å². The normalized spacial score (nSPS) is 10.9. The van der Waals surface area contributed by atoms with Crippen molar-refractivity contribution in [1.82, 2.24) is 5.32 Å². The van der Waals surface area contributed by atoms with Gasteiger partial charge in [-0.2, -0.15) is 0 Å². The van der Waals surface area contributed by atoms with Gasteiger partial charge >= 0.3 is 0 Å². The van der Waals surface area contributed by atoms with Gasteiger partial charge in [0, 0.05) is 19.2 Å². The number of amides is 2. The second-order valence-electron chi connectivity index (χ2n) is 6.38. The first-order chi connectivity index (χ1) is 14.3. The summed E-state index contributed by atoms with van der Waals surface area (Å²) in [5.74, 6) is -0.750. The number of hydrogen-bond acceptors (Lipinski definition) is 5. The van der Waals surface area contributed by atoms with Crippen molar-refractivity contribution in [2.24, 2.45) is 0 Å². The minimum absolute atomic E-state index is 0.121. The monoisotopic (exact) mass is 431 g/mol. The van der Waals surface area contributed by atoms with Crippen molar-refractivity contribution in [3.05, 3.63) is 72.3 Å². The lowest BCUT2D eigenvalue weighted by molar-refractivity contribution is 0.0938. The van der Waals surface area contributed by atoms with E-state index in [9.17, 15) is 18.0 Å². The first-order valence-corrected chi connectivity index (χ1v) is 11.0. The van der Waals surface area contributed by atoms with Crippen LogP contribution in [0.15, 0.2) is 61.2 Å². The van der Waals surface area contributed by atoms with Crippen LogP contribution in [0.1, 0.15) is 20.7 Å². The Hall–Kier alpha value is -3.17. The summed E-state index contributed by atoms with van der Waals surface area (Å²) in [5, 5.41) is 5.44. The van der Waals surface area contributed by atoms with Crippen molar-refractivity contribution in [3.8, 4) is 0 Å². The number of para-hydroxylation sites is 1. The van der Waals surface area contributed by atoms with E-state index in [4.69, 9.17) is 4.74 Å². The Morgan fingerprint density at radius 2 is 1.77 bits per heavy atom. The molecule has 0 heterocycles. The molecule has 0 atom stereocenters. The van der Waals surface area contributed by atoms with Crippen LogP contribution in [0.25, 0.3) is 0 Å². The minimum atomic E-state index is -3.48. The number of rotatable bonds is 10. The molecule has 30 heavy (non-hydrogen) atoms. The van der Waals surface area contributed by atoms with E-state index >= 15 is 0 Å². The third-order valence-electron chi connectivity index (χ3n) is 4.12. The molecule has 0 fully saturated rings. The van der Waals surface area contributed by atoms with Crippen LogP contribution in [0.2, 0.25) is 0 Å². The summed E-state index contributed by atoms with van der Waals surface area (Å²) in [5.41, 5.74) is 1.44. The molecule has 0 spiro atoms. The fraction of sp³-hybridized carbons (Fsp3) is 0.238. The van der Waals surface area contributed by atoms with Gasteiger partial charge in [-0.1, -0.05) is 18.2 Å². The van der Waals surface area contributed by atoms with Crippen LogP contribution in [0, 0.1) is 0 Å². The molecular weight excluding hydrogens is 406 g/mol. The first-order valence-electron chi connectivity index (χ1n) is 9.14. The summed E-state index contributed by atoms with van der Waals surface area (Å²) in [6, 6.07) is 12.8. The van der Waals surface area contributed by atoms with E-state index in [-0.39, 0.29) is 12.5 Å². The first kappa shape index (κ1) is 23.1. The van der Waals surface area contributed by atoms with Gasteiger partial charge in [0.15, 0.2) is 0 Å². The molecule has 0 radical (unpaired) electrons. The van der Waals surface area contributed by atoms with Crippen LogP contribution in [0.5, 0.6) is 0 Å². The van der Waals surface area contributed by atoms with Crippen LogP contribution in [-0.4, -0.2) is 53.3 Å². The molecule has 0 aliphatic heterocycles. The van der Waals surface area contributed by atoms with E-state index in [0.29, 0.717) is 35.7 Å². The van der Waals surface area contributed by atoms with Crippen molar-refractivity contribution in [2.75, 3.05) is 42.7 Å². The summed E-state index contributed by atoms with van der Waals surface area (Å²) in [7, 11) is -1.94. The van der Waals surface area contributed by atoms with E-state index in [1.807, 2.05) is 0 Å². The standard InChI is InChI=1S/C21H25N3O5S/c1-4-14-24(30(3,27)28)17-11-9-16(10-12-17)20(25)23-19-8-6-5-7-18(19)21(26)22-13-15-29-2/h4-12H,1,13-15H2,2-3H3,(H,22,26)(H,23,25). The molecule has 2 aromatic rings. The zero-order valence-electron chi connectivity index (χ0n) is 16.9. The third-order valence-corrected chi connectivity index (χ3v) is 5.28. The van der Waals surface area contributed by atoms with E-state index in [2.05, 4.69) is 17.2 Å². The molecular formula is C21H25N3O5S. The Bertz CT molecular complexity index is 1000. The van der Waals surface area contributed by atoms with E-state index in [0.717, 1.165) is 6.26 Å². The molecule has 0 saturated heterocycles. The second-order valence-corrected chi connectivity index (χ2v) is 8.28. The molecule has 0 bridgehead atoms. The molecule has 2 N–H and O–H groups in total. The average Bonchev–Trinajstić information content (AvgIpc) is 2.72. The number of anilines is 2. The number of ether oxygens (including phenoxy) is 1. The van der Waals surface area contributed by atoms with Gasteiger partial charge in [-0.05, 0) is 36.4 Å². The number of sulfonamides is 1. The number of carbonyl (C=O) groups excluding carboxylic acids is 2. The average molecular weight is 432 g/mol. The maximum Gasteiger partial charge on any atom is 0.255 e. The van der Waals surface area contributed by atoms with E-state index < -0.39 is 15.9 Å². The Kier molecular flexibility index (Phi) is 8.14. The lowest BCUT2D eigenvalue weighted by Gasteiger charge is -2.20. The molecule has 0 unspecified atom stereocenters. The molecule has 2 amide bonds. The highest BCUT2D eigenvalue weighted by Gasteiger charge is 2.17. The molecule has 160 valence electrons. The Labute approximate surface area is 176 Å². The fourth-order valence-corrected chi connectivity index (χ4v) is 3.56. The van der Waals surface area contributed by atoms with E-state index in [1.54, 1.807) is 36.4 Å². The van der Waals surface area contributed by atoms with Gasteiger partial charge in [-0.15, -0.1) is 6.58 Å². The highest BCUT2D eigenvalue weighted by molar-refractivity contribution is 7.92. The third kappa shape index (κ3) is 6.16. The second kappa shape index (κ2) is 10.6. The van der Waals surface area contributed by atoms with Crippen molar-refractivity contribution >= 4 is 33.2 Å². The molecule has 8 nitrogen and oxygen atoms in total. The quantitative estimate of drug-likeness (QED) is 0.444. The Morgan fingerprint density at radius 3 is 2.37 bits per heavy atom.